The van der Waals surface area contributed by atoms with E-state index in [0.29, 0.717) is 49.8 Å². The van der Waals surface area contributed by atoms with Crippen molar-refractivity contribution >= 4 is 11.8 Å². The second-order valence-electron chi connectivity index (χ2n) is 9.52. The van der Waals surface area contributed by atoms with Crippen LogP contribution in [0.4, 0.5) is 0 Å². The minimum Gasteiger partial charge on any atom is -0.438 e. The number of aryl methyl sites for hydroxylation is 1. The highest BCUT2D eigenvalue weighted by Crippen LogP contribution is 2.41. The Morgan fingerprint density at radius 2 is 1.97 bits per heavy atom. The van der Waals surface area contributed by atoms with Gasteiger partial charge in [0.15, 0.2) is 12.2 Å². The number of carbonyl (C=O) groups is 2. The largest absolute Gasteiger partial charge is 0.438 e. The van der Waals surface area contributed by atoms with E-state index in [-0.39, 0.29) is 35.5 Å². The summed E-state index contributed by atoms with van der Waals surface area (Å²) in [7, 11) is 0. The van der Waals surface area contributed by atoms with Gasteiger partial charge in [0.05, 0.1) is 11.6 Å². The molecule has 1 aliphatic carbocycles. The standard InChI is InChI=1S/C26H31N5O4/c1-17-23(34-16-28-17)26(33)31-12-8-3-2-7-11-27-24(32)20-14-19(15-21(20)31)25-29-22(30-35-25)13-18-9-5-4-6-10-18/h4-6,9-10,16,19-21H,2-3,7-8,11-15H2,1H3,(H,27,32). The molecule has 2 aliphatic rings. The van der Waals surface area contributed by atoms with E-state index in [1.165, 1.54) is 6.39 Å². The van der Waals surface area contributed by atoms with E-state index >= 15 is 0 Å². The number of rotatable bonds is 4. The van der Waals surface area contributed by atoms with Crippen LogP contribution in [0.2, 0.25) is 0 Å². The molecule has 5 rings (SSSR count). The van der Waals surface area contributed by atoms with Crippen LogP contribution < -0.4 is 5.32 Å². The fourth-order valence-electron chi connectivity index (χ4n) is 5.29. The average molecular weight is 478 g/mol. The third-order valence-electron chi connectivity index (χ3n) is 7.13. The zero-order valence-corrected chi connectivity index (χ0v) is 20.0. The van der Waals surface area contributed by atoms with Crippen molar-refractivity contribution in [1.82, 2.24) is 25.3 Å². The number of carbonyl (C=O) groups excluding carboxylic acids is 2. The van der Waals surface area contributed by atoms with Crippen LogP contribution in [0.5, 0.6) is 0 Å². The highest BCUT2D eigenvalue weighted by Gasteiger charge is 2.46. The normalized spacial score (nSPS) is 23.4. The summed E-state index contributed by atoms with van der Waals surface area (Å²) in [6.07, 6.45) is 6.86. The maximum absolute atomic E-state index is 13.5. The lowest BCUT2D eigenvalue weighted by atomic mass is 10.00. The molecule has 1 saturated carbocycles. The molecule has 0 radical (unpaired) electrons. The molecule has 9 heteroatoms. The Kier molecular flexibility index (Phi) is 6.92. The van der Waals surface area contributed by atoms with Gasteiger partial charge in [-0.1, -0.05) is 48.3 Å². The van der Waals surface area contributed by atoms with Crippen LogP contribution in [-0.2, 0) is 11.2 Å². The van der Waals surface area contributed by atoms with Crippen LogP contribution in [-0.4, -0.2) is 51.0 Å². The van der Waals surface area contributed by atoms with Gasteiger partial charge < -0.3 is 19.2 Å². The first-order valence-corrected chi connectivity index (χ1v) is 12.5. The predicted molar refractivity (Wildman–Crippen MR) is 127 cm³/mol. The Labute approximate surface area is 204 Å². The van der Waals surface area contributed by atoms with Gasteiger partial charge in [0.1, 0.15) is 0 Å². The van der Waals surface area contributed by atoms with E-state index in [1.807, 2.05) is 35.2 Å². The molecule has 1 aromatic carbocycles. The summed E-state index contributed by atoms with van der Waals surface area (Å²) in [5.74, 6) is 0.720. The highest BCUT2D eigenvalue weighted by atomic mass is 16.5. The molecule has 184 valence electrons. The number of aromatic nitrogens is 3. The quantitative estimate of drug-likeness (QED) is 0.610. The van der Waals surface area contributed by atoms with Gasteiger partial charge >= 0.3 is 0 Å². The number of hydrogen-bond acceptors (Lipinski definition) is 7. The van der Waals surface area contributed by atoms with Gasteiger partial charge in [-0.05, 0) is 38.2 Å². The summed E-state index contributed by atoms with van der Waals surface area (Å²) in [6, 6.07) is 9.72. The van der Waals surface area contributed by atoms with Crippen molar-refractivity contribution in [3.8, 4) is 0 Å². The lowest BCUT2D eigenvalue weighted by molar-refractivity contribution is -0.126. The molecular formula is C26H31N5O4. The fourth-order valence-corrected chi connectivity index (χ4v) is 5.29. The van der Waals surface area contributed by atoms with Gasteiger partial charge in [0.2, 0.25) is 17.6 Å². The molecule has 35 heavy (non-hydrogen) atoms. The second kappa shape index (κ2) is 10.4. The number of nitrogens with zero attached hydrogens (tertiary/aromatic N) is 4. The Bertz CT molecular complexity index is 1160. The number of oxazole rings is 1. The molecule has 3 atom stereocenters. The molecule has 3 unspecified atom stereocenters. The Morgan fingerprint density at radius 3 is 2.77 bits per heavy atom. The third-order valence-corrected chi connectivity index (χ3v) is 7.13. The summed E-state index contributed by atoms with van der Waals surface area (Å²) in [6.45, 7) is 2.99. The Hall–Kier alpha value is -3.49. The first kappa shape index (κ1) is 23.3. The molecule has 9 nitrogen and oxygen atoms in total. The number of hydrogen-bond donors (Lipinski definition) is 1. The van der Waals surface area contributed by atoms with Gasteiger partial charge in [-0.25, -0.2) is 4.98 Å². The molecule has 0 spiro atoms. The van der Waals surface area contributed by atoms with Crippen molar-refractivity contribution in [3.63, 3.8) is 0 Å². The van der Waals surface area contributed by atoms with Crippen LogP contribution >= 0.6 is 0 Å². The number of amides is 2. The fraction of sp³-hybridized carbons (Fsp3) is 0.500. The molecule has 1 saturated heterocycles. The van der Waals surface area contributed by atoms with E-state index in [4.69, 9.17) is 8.94 Å². The maximum atomic E-state index is 13.5. The monoisotopic (exact) mass is 477 g/mol. The van der Waals surface area contributed by atoms with Crippen LogP contribution in [0.15, 0.2) is 45.7 Å². The molecule has 1 aliphatic heterocycles. The van der Waals surface area contributed by atoms with Crippen LogP contribution in [0.1, 0.15) is 78.0 Å². The Balaban J connectivity index is 1.40. The van der Waals surface area contributed by atoms with E-state index in [0.717, 1.165) is 31.2 Å². The van der Waals surface area contributed by atoms with E-state index < -0.39 is 0 Å². The molecule has 2 fully saturated rings. The number of nitrogens with one attached hydrogen (secondary N) is 1. The molecule has 0 bridgehead atoms. The molecule has 2 aromatic heterocycles. The Morgan fingerprint density at radius 1 is 1.14 bits per heavy atom. The average Bonchev–Trinajstić information content (AvgIpc) is 3.60. The van der Waals surface area contributed by atoms with Crippen molar-refractivity contribution in [2.75, 3.05) is 13.1 Å². The number of benzene rings is 1. The molecule has 3 aromatic rings. The van der Waals surface area contributed by atoms with E-state index in [1.54, 1.807) is 6.92 Å². The van der Waals surface area contributed by atoms with Crippen molar-refractivity contribution in [2.24, 2.45) is 5.92 Å². The van der Waals surface area contributed by atoms with Gasteiger partial charge in [-0.2, -0.15) is 4.98 Å². The van der Waals surface area contributed by atoms with E-state index in [2.05, 4.69) is 20.4 Å². The van der Waals surface area contributed by atoms with Crippen LogP contribution in [0, 0.1) is 12.8 Å². The lowest BCUT2D eigenvalue weighted by Gasteiger charge is -2.32. The van der Waals surface area contributed by atoms with Crippen molar-refractivity contribution in [2.45, 2.75) is 63.8 Å². The topological polar surface area (TPSA) is 114 Å². The maximum Gasteiger partial charge on any atom is 0.291 e. The lowest BCUT2D eigenvalue weighted by Crippen LogP contribution is -2.47. The zero-order chi connectivity index (χ0) is 24.2. The van der Waals surface area contributed by atoms with Crippen LogP contribution in [0.25, 0.3) is 0 Å². The number of fused-ring (bicyclic) bond motifs is 1. The SMILES string of the molecule is Cc1ncoc1C(=O)N1CCCCCCNC(=O)C2CC(c3nc(Cc4ccccc4)no3)CC21. The van der Waals surface area contributed by atoms with Gasteiger partial charge in [0.25, 0.3) is 5.91 Å². The third kappa shape index (κ3) is 5.13. The minimum absolute atomic E-state index is 0.0180. The van der Waals surface area contributed by atoms with Gasteiger partial charge in [-0.3, -0.25) is 9.59 Å². The second-order valence-corrected chi connectivity index (χ2v) is 9.52. The first-order valence-electron chi connectivity index (χ1n) is 12.5. The summed E-state index contributed by atoms with van der Waals surface area (Å²) in [5, 5.41) is 7.28. The van der Waals surface area contributed by atoms with E-state index in [9.17, 15) is 9.59 Å². The molecular weight excluding hydrogens is 446 g/mol. The first-order chi connectivity index (χ1) is 17.1. The van der Waals surface area contributed by atoms with Crippen LogP contribution in [0.3, 0.4) is 0 Å². The summed E-state index contributed by atoms with van der Waals surface area (Å²) in [5.41, 5.74) is 1.66. The summed E-state index contributed by atoms with van der Waals surface area (Å²) in [4.78, 5) is 37.3. The minimum atomic E-state index is -0.352. The summed E-state index contributed by atoms with van der Waals surface area (Å²) >= 11 is 0. The zero-order valence-electron chi connectivity index (χ0n) is 20.0. The van der Waals surface area contributed by atoms with Crippen molar-refractivity contribution < 1.29 is 18.5 Å². The molecule has 2 amide bonds. The van der Waals surface area contributed by atoms with Gasteiger partial charge in [0, 0.05) is 31.5 Å². The summed E-state index contributed by atoms with van der Waals surface area (Å²) < 4.78 is 11.1. The highest BCUT2D eigenvalue weighted by molar-refractivity contribution is 5.93. The predicted octanol–water partition coefficient (Wildman–Crippen LogP) is 3.65. The smallest absolute Gasteiger partial charge is 0.291 e. The molecule has 1 N–H and O–H groups in total. The van der Waals surface area contributed by atoms with Gasteiger partial charge in [-0.15, -0.1) is 0 Å². The van der Waals surface area contributed by atoms with Crippen molar-refractivity contribution in [3.05, 3.63) is 65.5 Å². The van der Waals surface area contributed by atoms with Crippen molar-refractivity contribution in [1.29, 1.82) is 0 Å². The molecule has 3 heterocycles.